The zero-order valence-electron chi connectivity index (χ0n) is 14.6. The molecule has 1 aromatic carbocycles. The third-order valence-corrected chi connectivity index (χ3v) is 7.28. The van der Waals surface area contributed by atoms with E-state index in [4.69, 9.17) is 11.6 Å². The fraction of sp³-hybridized carbons (Fsp3) is 0.524. The Morgan fingerprint density at radius 3 is 2.68 bits per heavy atom. The molecule has 1 aromatic heterocycles. The van der Waals surface area contributed by atoms with Crippen LogP contribution in [-0.2, 0) is 12.0 Å². The van der Waals surface area contributed by atoms with E-state index in [1.807, 2.05) is 35.6 Å². The van der Waals surface area contributed by atoms with Gasteiger partial charge in [0.1, 0.15) is 0 Å². The van der Waals surface area contributed by atoms with Gasteiger partial charge in [0.2, 0.25) is 0 Å². The highest BCUT2D eigenvalue weighted by molar-refractivity contribution is 7.10. The van der Waals surface area contributed by atoms with Gasteiger partial charge in [-0.1, -0.05) is 23.7 Å². The summed E-state index contributed by atoms with van der Waals surface area (Å²) in [6, 6.07) is 10.0. The van der Waals surface area contributed by atoms with Crippen molar-refractivity contribution in [2.75, 3.05) is 19.6 Å². The van der Waals surface area contributed by atoms with Crippen molar-refractivity contribution in [3.05, 3.63) is 56.7 Å². The predicted molar refractivity (Wildman–Crippen MR) is 106 cm³/mol. The molecule has 2 aliphatic rings. The monoisotopic (exact) mass is 375 g/mol. The van der Waals surface area contributed by atoms with Crippen molar-refractivity contribution in [3.8, 4) is 0 Å². The molecule has 1 aliphatic heterocycles. The van der Waals surface area contributed by atoms with Crippen LogP contribution in [0.3, 0.4) is 0 Å². The Morgan fingerprint density at radius 2 is 1.92 bits per heavy atom. The number of hydrogen-bond donors (Lipinski definition) is 1. The third kappa shape index (κ3) is 3.80. The highest BCUT2D eigenvalue weighted by Gasteiger charge is 2.34. The van der Waals surface area contributed by atoms with Gasteiger partial charge >= 0.3 is 0 Å². The largest absolute Gasteiger partial charge is 0.385 e. The van der Waals surface area contributed by atoms with E-state index >= 15 is 0 Å². The van der Waals surface area contributed by atoms with E-state index in [2.05, 4.69) is 16.3 Å². The van der Waals surface area contributed by atoms with Crippen LogP contribution < -0.4 is 0 Å². The van der Waals surface area contributed by atoms with E-state index in [1.54, 1.807) is 10.4 Å². The fourth-order valence-corrected chi connectivity index (χ4v) is 5.55. The van der Waals surface area contributed by atoms with Gasteiger partial charge in [0.15, 0.2) is 0 Å². The number of thiophene rings is 1. The zero-order valence-corrected chi connectivity index (χ0v) is 16.2. The van der Waals surface area contributed by atoms with E-state index in [1.165, 1.54) is 25.7 Å². The van der Waals surface area contributed by atoms with Crippen molar-refractivity contribution in [1.29, 1.82) is 0 Å². The van der Waals surface area contributed by atoms with Gasteiger partial charge in [-0.15, -0.1) is 11.3 Å². The molecule has 0 bridgehead atoms. The first-order valence-corrected chi connectivity index (χ1v) is 10.7. The number of halogens is 1. The molecule has 2 aromatic rings. The number of rotatable bonds is 4. The molecule has 1 fully saturated rings. The first kappa shape index (κ1) is 17.5. The Kier molecular flexibility index (Phi) is 5.19. The summed E-state index contributed by atoms with van der Waals surface area (Å²) in [5.41, 5.74) is 1.93. The lowest BCUT2D eigenvalue weighted by atomic mass is 9.83. The summed E-state index contributed by atoms with van der Waals surface area (Å²) in [7, 11) is 0. The maximum absolute atomic E-state index is 11.0. The van der Waals surface area contributed by atoms with Crippen molar-refractivity contribution in [1.82, 2.24) is 4.90 Å². The molecule has 1 unspecified atom stereocenters. The van der Waals surface area contributed by atoms with Gasteiger partial charge in [-0.3, -0.25) is 0 Å². The van der Waals surface area contributed by atoms with Crippen LogP contribution in [0.1, 0.15) is 54.0 Å². The number of nitrogens with zero attached hydrogens (tertiary/aromatic N) is 1. The highest BCUT2D eigenvalue weighted by Crippen LogP contribution is 2.38. The Hall–Kier alpha value is -0.870. The molecule has 2 nitrogen and oxygen atoms in total. The molecular formula is C21H26ClNOS. The maximum atomic E-state index is 11.0. The normalized spacial score (nSPS) is 23.4. The highest BCUT2D eigenvalue weighted by atomic mass is 35.5. The minimum Gasteiger partial charge on any atom is -0.385 e. The molecule has 0 spiro atoms. The van der Waals surface area contributed by atoms with Crippen LogP contribution in [0, 0.1) is 0 Å². The van der Waals surface area contributed by atoms with Gasteiger partial charge in [-0.05, 0) is 85.7 Å². The molecule has 134 valence electrons. The van der Waals surface area contributed by atoms with Crippen LogP contribution in [0.25, 0.3) is 0 Å². The van der Waals surface area contributed by atoms with Crippen LogP contribution in [-0.4, -0.2) is 29.6 Å². The number of piperidine rings is 1. The molecule has 0 amide bonds. The third-order valence-electron chi connectivity index (χ3n) is 6.03. The Morgan fingerprint density at radius 1 is 1.16 bits per heavy atom. The van der Waals surface area contributed by atoms with Gasteiger partial charge in [0.05, 0.1) is 5.60 Å². The molecule has 1 saturated heterocycles. The molecule has 0 radical (unpaired) electrons. The SMILES string of the molecule is OC1(c2ccc(Cl)cc2)CCN(CCC2CCCc3sccc32)CC1. The van der Waals surface area contributed by atoms with Crippen molar-refractivity contribution in [2.45, 2.75) is 50.0 Å². The van der Waals surface area contributed by atoms with Crippen molar-refractivity contribution < 1.29 is 5.11 Å². The van der Waals surface area contributed by atoms with Gasteiger partial charge in [0, 0.05) is 23.0 Å². The van der Waals surface area contributed by atoms with Crippen molar-refractivity contribution in [2.24, 2.45) is 0 Å². The van der Waals surface area contributed by atoms with Gasteiger partial charge in [0.25, 0.3) is 0 Å². The van der Waals surface area contributed by atoms with Crippen LogP contribution >= 0.6 is 22.9 Å². The molecule has 4 heteroatoms. The van der Waals surface area contributed by atoms with E-state index in [0.717, 1.165) is 49.0 Å². The summed E-state index contributed by atoms with van der Waals surface area (Å²) < 4.78 is 0. The van der Waals surface area contributed by atoms with Gasteiger partial charge < -0.3 is 10.0 Å². The Labute approximate surface area is 159 Å². The maximum Gasteiger partial charge on any atom is 0.0920 e. The van der Waals surface area contributed by atoms with Crippen molar-refractivity contribution >= 4 is 22.9 Å². The molecule has 1 atom stereocenters. The smallest absolute Gasteiger partial charge is 0.0920 e. The molecular weight excluding hydrogens is 350 g/mol. The van der Waals surface area contributed by atoms with Gasteiger partial charge in [-0.25, -0.2) is 0 Å². The molecule has 2 heterocycles. The average molecular weight is 376 g/mol. The summed E-state index contributed by atoms with van der Waals surface area (Å²) in [5.74, 6) is 0.743. The minimum atomic E-state index is -0.688. The number of hydrogen-bond acceptors (Lipinski definition) is 3. The second kappa shape index (κ2) is 7.40. The second-order valence-corrected chi connectivity index (χ2v) is 8.99. The zero-order chi connectivity index (χ0) is 17.3. The second-order valence-electron chi connectivity index (χ2n) is 7.56. The van der Waals surface area contributed by atoms with Crippen LogP contribution in [0.15, 0.2) is 35.7 Å². The van der Waals surface area contributed by atoms with E-state index in [9.17, 15) is 5.11 Å². The number of likely N-dealkylation sites (tertiary alicyclic amines) is 1. The first-order chi connectivity index (χ1) is 12.1. The fourth-order valence-electron chi connectivity index (χ4n) is 4.42. The standard InChI is InChI=1S/C21H26ClNOS/c22-18-6-4-17(5-7-18)21(24)10-13-23(14-11-21)12-8-16-2-1-3-20-19(16)9-15-25-20/h4-7,9,15-16,24H,1-3,8,10-14H2. The lowest BCUT2D eigenvalue weighted by Gasteiger charge is -2.39. The number of aliphatic hydroxyl groups is 1. The molecule has 1 N–H and O–H groups in total. The van der Waals surface area contributed by atoms with E-state index in [0.29, 0.717) is 0 Å². The topological polar surface area (TPSA) is 23.5 Å². The number of fused-ring (bicyclic) bond motifs is 1. The molecule has 25 heavy (non-hydrogen) atoms. The molecule has 4 rings (SSSR count). The first-order valence-electron chi connectivity index (χ1n) is 9.41. The quantitative estimate of drug-likeness (QED) is 0.794. The van der Waals surface area contributed by atoms with Crippen LogP contribution in [0.2, 0.25) is 5.02 Å². The van der Waals surface area contributed by atoms with Crippen LogP contribution in [0.5, 0.6) is 0 Å². The van der Waals surface area contributed by atoms with E-state index in [-0.39, 0.29) is 0 Å². The minimum absolute atomic E-state index is 0.688. The average Bonchev–Trinajstić information content (AvgIpc) is 3.11. The summed E-state index contributed by atoms with van der Waals surface area (Å²) in [6.07, 6.45) is 6.83. The van der Waals surface area contributed by atoms with E-state index < -0.39 is 5.60 Å². The number of aryl methyl sites for hydroxylation is 1. The lowest BCUT2D eigenvalue weighted by Crippen LogP contribution is -2.43. The number of benzene rings is 1. The Balaban J connectivity index is 1.32. The van der Waals surface area contributed by atoms with Crippen molar-refractivity contribution in [3.63, 3.8) is 0 Å². The van der Waals surface area contributed by atoms with Gasteiger partial charge in [-0.2, -0.15) is 0 Å². The Bertz CT molecular complexity index is 703. The summed E-state index contributed by atoms with van der Waals surface area (Å²) >= 11 is 7.91. The lowest BCUT2D eigenvalue weighted by molar-refractivity contribution is -0.0263. The molecule has 0 saturated carbocycles. The van der Waals surface area contributed by atoms with Crippen LogP contribution in [0.4, 0.5) is 0 Å². The molecule has 1 aliphatic carbocycles. The summed E-state index contributed by atoms with van der Waals surface area (Å²) in [4.78, 5) is 4.15. The predicted octanol–water partition coefficient (Wildman–Crippen LogP) is 5.20. The summed E-state index contributed by atoms with van der Waals surface area (Å²) in [6.45, 7) is 3.10. The summed E-state index contributed by atoms with van der Waals surface area (Å²) in [5, 5.41) is 14.0.